The third kappa shape index (κ3) is 3.98. The van der Waals surface area contributed by atoms with E-state index < -0.39 is 23.8 Å². The quantitative estimate of drug-likeness (QED) is 0.736. The van der Waals surface area contributed by atoms with E-state index in [9.17, 15) is 19.5 Å². The number of hydrogen-bond donors (Lipinski definition) is 2. The van der Waals surface area contributed by atoms with Crippen molar-refractivity contribution in [1.29, 1.82) is 0 Å². The number of carbonyl (C=O) groups is 3. The standard InChI is InChI=1S/C22H20N2O6/c25-20(15-5-2-1-3-6-15)23-16(21(26)24-10-4-7-17(24)22(27)28)11-14-8-9-18-19(12-14)30-13-29-18/h1-3,5-6,8-9,11-12,17H,4,7,10,13H2,(H,23,25)(H,27,28)/b16-11+. The number of hydrogen-bond acceptors (Lipinski definition) is 5. The van der Waals surface area contributed by atoms with Gasteiger partial charge >= 0.3 is 5.97 Å². The normalized spacial score (nSPS) is 17.7. The number of carboxylic acids is 1. The number of carbonyl (C=O) groups excluding carboxylic acids is 2. The van der Waals surface area contributed by atoms with Crippen molar-refractivity contribution in [3.63, 3.8) is 0 Å². The zero-order valence-corrected chi connectivity index (χ0v) is 16.0. The van der Waals surface area contributed by atoms with Crippen LogP contribution in [0.5, 0.6) is 11.5 Å². The first-order valence-corrected chi connectivity index (χ1v) is 9.54. The summed E-state index contributed by atoms with van der Waals surface area (Å²) < 4.78 is 10.7. The Bertz CT molecular complexity index is 1020. The van der Waals surface area contributed by atoms with Gasteiger partial charge in [0.15, 0.2) is 11.5 Å². The Morgan fingerprint density at radius 1 is 1.07 bits per heavy atom. The van der Waals surface area contributed by atoms with Crippen LogP contribution in [0.3, 0.4) is 0 Å². The lowest BCUT2D eigenvalue weighted by Crippen LogP contribution is -2.44. The minimum absolute atomic E-state index is 0.00383. The largest absolute Gasteiger partial charge is 0.480 e. The molecule has 2 aromatic carbocycles. The zero-order valence-electron chi connectivity index (χ0n) is 16.0. The van der Waals surface area contributed by atoms with Crippen LogP contribution < -0.4 is 14.8 Å². The molecule has 0 radical (unpaired) electrons. The van der Waals surface area contributed by atoms with Crippen molar-refractivity contribution in [2.45, 2.75) is 18.9 Å². The minimum Gasteiger partial charge on any atom is -0.480 e. The van der Waals surface area contributed by atoms with E-state index in [0.29, 0.717) is 42.0 Å². The Labute approximate surface area is 172 Å². The van der Waals surface area contributed by atoms with Gasteiger partial charge in [-0.3, -0.25) is 9.59 Å². The fourth-order valence-corrected chi connectivity index (χ4v) is 3.53. The van der Waals surface area contributed by atoms with Crippen LogP contribution in [-0.2, 0) is 9.59 Å². The van der Waals surface area contributed by atoms with E-state index in [0.717, 1.165) is 0 Å². The summed E-state index contributed by atoms with van der Waals surface area (Å²) in [5.41, 5.74) is 0.996. The number of amides is 2. The van der Waals surface area contributed by atoms with Gasteiger partial charge in [-0.05, 0) is 48.7 Å². The predicted molar refractivity (Wildman–Crippen MR) is 107 cm³/mol. The van der Waals surface area contributed by atoms with Crippen molar-refractivity contribution in [2.75, 3.05) is 13.3 Å². The van der Waals surface area contributed by atoms with Crippen molar-refractivity contribution in [2.24, 2.45) is 0 Å². The van der Waals surface area contributed by atoms with Crippen LogP contribution in [0.15, 0.2) is 54.2 Å². The molecule has 8 nitrogen and oxygen atoms in total. The maximum Gasteiger partial charge on any atom is 0.326 e. The number of ether oxygens (including phenoxy) is 2. The molecule has 1 fully saturated rings. The molecule has 0 aromatic heterocycles. The zero-order chi connectivity index (χ0) is 21.1. The number of likely N-dealkylation sites (tertiary alicyclic amines) is 1. The molecule has 2 heterocycles. The van der Waals surface area contributed by atoms with Crippen LogP contribution in [0, 0.1) is 0 Å². The molecule has 2 aliphatic heterocycles. The van der Waals surface area contributed by atoms with Crippen LogP contribution in [0.25, 0.3) is 6.08 Å². The molecule has 1 atom stereocenters. The first-order chi connectivity index (χ1) is 14.5. The Morgan fingerprint density at radius 2 is 1.83 bits per heavy atom. The van der Waals surface area contributed by atoms with Crippen LogP contribution in [-0.4, -0.2) is 47.2 Å². The van der Waals surface area contributed by atoms with Crippen LogP contribution in [0.4, 0.5) is 0 Å². The molecular weight excluding hydrogens is 388 g/mol. The smallest absolute Gasteiger partial charge is 0.326 e. The molecule has 2 amide bonds. The second-order valence-corrected chi connectivity index (χ2v) is 6.99. The molecule has 8 heteroatoms. The molecule has 2 aliphatic rings. The van der Waals surface area contributed by atoms with Crippen molar-refractivity contribution in [3.8, 4) is 11.5 Å². The molecule has 30 heavy (non-hydrogen) atoms. The fourth-order valence-electron chi connectivity index (χ4n) is 3.53. The highest BCUT2D eigenvalue weighted by molar-refractivity contribution is 6.06. The Hall–Kier alpha value is -3.81. The first kappa shape index (κ1) is 19.5. The Balaban J connectivity index is 1.66. The number of aliphatic carboxylic acids is 1. The summed E-state index contributed by atoms with van der Waals surface area (Å²) in [5.74, 6) is -0.921. The molecule has 1 saturated heterocycles. The van der Waals surface area contributed by atoms with Crippen LogP contribution in [0.1, 0.15) is 28.8 Å². The van der Waals surface area contributed by atoms with E-state index in [1.54, 1.807) is 48.5 Å². The van der Waals surface area contributed by atoms with Gasteiger partial charge in [-0.15, -0.1) is 0 Å². The molecule has 2 aromatic rings. The summed E-state index contributed by atoms with van der Waals surface area (Å²) in [6.07, 6.45) is 2.49. The van der Waals surface area contributed by atoms with Crippen LogP contribution >= 0.6 is 0 Å². The van der Waals surface area contributed by atoms with Gasteiger partial charge in [0.2, 0.25) is 6.79 Å². The lowest BCUT2D eigenvalue weighted by atomic mass is 10.1. The second-order valence-electron chi connectivity index (χ2n) is 6.99. The van der Waals surface area contributed by atoms with Gasteiger partial charge in [0.1, 0.15) is 11.7 Å². The summed E-state index contributed by atoms with van der Waals surface area (Å²) in [4.78, 5) is 38.7. The molecule has 0 bridgehead atoms. The monoisotopic (exact) mass is 408 g/mol. The van der Waals surface area contributed by atoms with Crippen molar-refractivity contribution in [1.82, 2.24) is 10.2 Å². The van der Waals surface area contributed by atoms with Gasteiger partial charge < -0.3 is 24.8 Å². The Morgan fingerprint density at radius 3 is 2.60 bits per heavy atom. The third-order valence-electron chi connectivity index (χ3n) is 5.02. The number of nitrogens with one attached hydrogen (secondary N) is 1. The van der Waals surface area contributed by atoms with Gasteiger partial charge in [-0.1, -0.05) is 24.3 Å². The van der Waals surface area contributed by atoms with Crippen molar-refractivity contribution in [3.05, 3.63) is 65.4 Å². The summed E-state index contributed by atoms with van der Waals surface area (Å²) in [7, 11) is 0. The number of fused-ring (bicyclic) bond motifs is 1. The highest BCUT2D eigenvalue weighted by Gasteiger charge is 2.35. The van der Waals surface area contributed by atoms with Crippen LogP contribution in [0.2, 0.25) is 0 Å². The fraction of sp³-hybridized carbons (Fsp3) is 0.227. The van der Waals surface area contributed by atoms with Gasteiger partial charge in [0.25, 0.3) is 11.8 Å². The SMILES string of the molecule is O=C(N/C(=C/c1ccc2c(c1)OCO2)C(=O)N1CCCC1C(=O)O)c1ccccc1. The maximum absolute atomic E-state index is 13.2. The van der Waals surface area contributed by atoms with E-state index in [2.05, 4.69) is 5.32 Å². The number of benzene rings is 2. The summed E-state index contributed by atoms with van der Waals surface area (Å²) in [6.45, 7) is 0.433. The summed E-state index contributed by atoms with van der Waals surface area (Å²) in [5, 5.41) is 12.1. The predicted octanol–water partition coefficient (Wildman–Crippen LogP) is 2.26. The highest BCUT2D eigenvalue weighted by atomic mass is 16.7. The van der Waals surface area contributed by atoms with Crippen molar-refractivity contribution >= 4 is 23.9 Å². The average molecular weight is 408 g/mol. The lowest BCUT2D eigenvalue weighted by Gasteiger charge is -2.23. The minimum atomic E-state index is -1.06. The van der Waals surface area contributed by atoms with Gasteiger partial charge in [-0.2, -0.15) is 0 Å². The first-order valence-electron chi connectivity index (χ1n) is 9.54. The lowest BCUT2D eigenvalue weighted by molar-refractivity contribution is -0.146. The van der Waals surface area contributed by atoms with Gasteiger partial charge in [0, 0.05) is 12.1 Å². The second kappa shape index (κ2) is 8.28. The van der Waals surface area contributed by atoms with Crippen molar-refractivity contribution < 1.29 is 29.0 Å². The van der Waals surface area contributed by atoms with Gasteiger partial charge in [-0.25, -0.2) is 4.79 Å². The molecule has 1 unspecified atom stereocenters. The maximum atomic E-state index is 13.2. The molecule has 0 spiro atoms. The topological polar surface area (TPSA) is 105 Å². The number of nitrogens with zero attached hydrogens (tertiary/aromatic N) is 1. The highest BCUT2D eigenvalue weighted by Crippen LogP contribution is 2.33. The van der Waals surface area contributed by atoms with Gasteiger partial charge in [0.05, 0.1) is 0 Å². The molecule has 154 valence electrons. The molecular formula is C22H20N2O6. The molecule has 0 aliphatic carbocycles. The average Bonchev–Trinajstić information content (AvgIpc) is 3.42. The number of carboxylic acid groups (broad SMARTS) is 1. The molecule has 0 saturated carbocycles. The van der Waals surface area contributed by atoms with E-state index in [1.807, 2.05) is 0 Å². The molecule has 4 rings (SSSR count). The summed E-state index contributed by atoms with van der Waals surface area (Å²) in [6, 6.07) is 12.7. The van der Waals surface area contributed by atoms with E-state index in [-0.39, 0.29) is 12.5 Å². The van der Waals surface area contributed by atoms with E-state index in [1.165, 1.54) is 11.0 Å². The molecule has 2 N–H and O–H groups in total. The Kier molecular flexibility index (Phi) is 5.38. The third-order valence-corrected chi connectivity index (χ3v) is 5.02. The van der Waals surface area contributed by atoms with E-state index >= 15 is 0 Å². The number of rotatable bonds is 5. The van der Waals surface area contributed by atoms with E-state index in [4.69, 9.17) is 9.47 Å². The summed E-state index contributed by atoms with van der Waals surface area (Å²) >= 11 is 0.